The molecule has 2 N–H and O–H groups in total. The molecule has 0 amide bonds. The zero-order valence-corrected chi connectivity index (χ0v) is 11.7. The third-order valence-corrected chi connectivity index (χ3v) is 2.57. The minimum atomic E-state index is -0.139. The minimum Gasteiger partial charge on any atom is -0.472 e. The number of ether oxygens (including phenoxy) is 3. The van der Waals surface area contributed by atoms with Gasteiger partial charge in [-0.1, -0.05) is 0 Å². The maximum atomic E-state index is 9.10. The van der Waals surface area contributed by atoms with Crippen LogP contribution in [0.3, 0.4) is 0 Å². The number of aromatic nitrogens is 1. The van der Waals surface area contributed by atoms with Gasteiger partial charge in [-0.15, -0.1) is 0 Å². The molecular weight excluding hydrogens is 246 g/mol. The van der Waals surface area contributed by atoms with Gasteiger partial charge < -0.3 is 19.9 Å². The van der Waals surface area contributed by atoms with Crippen LogP contribution < -0.4 is 10.5 Å². The Balaban J connectivity index is 2.88. The van der Waals surface area contributed by atoms with Gasteiger partial charge in [0.1, 0.15) is 17.9 Å². The summed E-state index contributed by atoms with van der Waals surface area (Å²) < 4.78 is 17.8. The molecule has 1 aromatic rings. The molecule has 0 bridgehead atoms. The third kappa shape index (κ3) is 4.16. The highest BCUT2D eigenvalue weighted by molar-refractivity contribution is 5.55. The van der Waals surface area contributed by atoms with Crippen molar-refractivity contribution in [3.05, 3.63) is 11.8 Å². The fourth-order valence-electron chi connectivity index (χ4n) is 1.76. The van der Waals surface area contributed by atoms with E-state index in [0.29, 0.717) is 43.6 Å². The summed E-state index contributed by atoms with van der Waals surface area (Å²) in [6, 6.07) is 3.72. The predicted molar refractivity (Wildman–Crippen MR) is 72.0 cm³/mol. The van der Waals surface area contributed by atoms with E-state index in [4.69, 9.17) is 25.2 Å². The van der Waals surface area contributed by atoms with Gasteiger partial charge in [0.05, 0.1) is 25.4 Å². The summed E-state index contributed by atoms with van der Waals surface area (Å²) in [6.07, 6.45) is -0.139. The molecule has 1 heterocycles. The topological polar surface area (TPSA) is 82.4 Å². The number of nitriles is 1. The van der Waals surface area contributed by atoms with Crippen molar-refractivity contribution in [1.82, 2.24) is 4.57 Å². The van der Waals surface area contributed by atoms with Crippen molar-refractivity contribution in [1.29, 1.82) is 5.26 Å². The van der Waals surface area contributed by atoms with E-state index >= 15 is 0 Å². The summed E-state index contributed by atoms with van der Waals surface area (Å²) in [6.45, 7) is 5.94. The van der Waals surface area contributed by atoms with Gasteiger partial charge in [0.15, 0.2) is 0 Å². The maximum absolute atomic E-state index is 9.10. The minimum absolute atomic E-state index is 0.139. The molecule has 0 saturated carbocycles. The van der Waals surface area contributed by atoms with Crippen molar-refractivity contribution in [3.8, 4) is 11.9 Å². The van der Waals surface area contributed by atoms with Gasteiger partial charge in [-0.05, 0) is 13.8 Å². The summed E-state index contributed by atoms with van der Waals surface area (Å²) in [5.41, 5.74) is 6.81. The SMILES string of the molecule is CCOCCn1c(C#N)cc(N)c1O[C@H](C)COC. The number of hydrogen-bond donors (Lipinski definition) is 1. The van der Waals surface area contributed by atoms with E-state index in [1.165, 1.54) is 0 Å². The van der Waals surface area contributed by atoms with Crippen molar-refractivity contribution in [2.45, 2.75) is 26.5 Å². The highest BCUT2D eigenvalue weighted by Crippen LogP contribution is 2.27. The molecule has 0 aromatic carbocycles. The lowest BCUT2D eigenvalue weighted by atomic mass is 10.4. The molecule has 0 unspecified atom stereocenters. The second-order valence-electron chi connectivity index (χ2n) is 4.13. The smallest absolute Gasteiger partial charge is 0.218 e. The number of nitrogens with two attached hydrogens (primary N) is 1. The van der Waals surface area contributed by atoms with Gasteiger partial charge in [-0.25, -0.2) is 0 Å². The first kappa shape index (κ1) is 15.3. The number of nitrogens with zero attached hydrogens (tertiary/aromatic N) is 2. The Hall–Kier alpha value is -1.71. The molecule has 0 spiro atoms. The first-order valence-electron chi connectivity index (χ1n) is 6.26. The maximum Gasteiger partial charge on any atom is 0.218 e. The summed E-state index contributed by atoms with van der Waals surface area (Å²) in [5.74, 6) is 0.501. The molecular formula is C13H21N3O3. The molecule has 0 saturated heterocycles. The molecule has 6 nitrogen and oxygen atoms in total. The van der Waals surface area contributed by atoms with Gasteiger partial charge >= 0.3 is 0 Å². The van der Waals surface area contributed by atoms with Crippen molar-refractivity contribution in [3.63, 3.8) is 0 Å². The molecule has 0 aliphatic carbocycles. The summed E-state index contributed by atoms with van der Waals surface area (Å²) in [5, 5.41) is 9.10. The normalized spacial score (nSPS) is 12.1. The van der Waals surface area contributed by atoms with Crippen LogP contribution in [0.4, 0.5) is 5.69 Å². The van der Waals surface area contributed by atoms with Crippen molar-refractivity contribution in [2.75, 3.05) is 32.7 Å². The lowest BCUT2D eigenvalue weighted by molar-refractivity contribution is 0.0834. The Bertz CT molecular complexity index is 437. The van der Waals surface area contributed by atoms with Crippen LogP contribution in [0.5, 0.6) is 5.88 Å². The van der Waals surface area contributed by atoms with Crippen molar-refractivity contribution in [2.24, 2.45) is 0 Å². The third-order valence-electron chi connectivity index (χ3n) is 2.57. The Labute approximate surface area is 113 Å². The standard InChI is InChI=1S/C13H21N3O3/c1-4-18-6-5-16-11(8-14)7-12(15)13(16)19-10(2)9-17-3/h7,10H,4-6,9,15H2,1-3H3/t10-/m1/s1. The van der Waals surface area contributed by atoms with E-state index in [0.717, 1.165) is 0 Å². The fraction of sp³-hybridized carbons (Fsp3) is 0.615. The molecule has 19 heavy (non-hydrogen) atoms. The van der Waals surface area contributed by atoms with Crippen molar-refractivity contribution >= 4 is 5.69 Å². The second-order valence-corrected chi connectivity index (χ2v) is 4.13. The highest BCUT2D eigenvalue weighted by Gasteiger charge is 2.16. The molecule has 106 valence electrons. The lowest BCUT2D eigenvalue weighted by Gasteiger charge is -2.17. The molecule has 1 aromatic heterocycles. The largest absolute Gasteiger partial charge is 0.472 e. The van der Waals surface area contributed by atoms with Gasteiger partial charge in [0.25, 0.3) is 0 Å². The Kier molecular flexibility index (Phi) is 6.19. The number of hydrogen-bond acceptors (Lipinski definition) is 5. The van der Waals surface area contributed by atoms with E-state index in [1.807, 2.05) is 13.8 Å². The molecule has 0 aliphatic rings. The Morgan fingerprint density at radius 3 is 2.84 bits per heavy atom. The van der Waals surface area contributed by atoms with E-state index < -0.39 is 0 Å². The summed E-state index contributed by atoms with van der Waals surface area (Å²) in [4.78, 5) is 0. The first-order valence-corrected chi connectivity index (χ1v) is 6.26. The second kappa shape index (κ2) is 7.67. The lowest BCUT2D eigenvalue weighted by Crippen LogP contribution is -2.21. The van der Waals surface area contributed by atoms with Crippen LogP contribution in [0.1, 0.15) is 19.5 Å². The summed E-state index contributed by atoms with van der Waals surface area (Å²) >= 11 is 0. The van der Waals surface area contributed by atoms with Crippen LogP contribution in [0.15, 0.2) is 6.07 Å². The fourth-order valence-corrected chi connectivity index (χ4v) is 1.76. The number of nitrogen functional groups attached to an aromatic ring is 1. The average molecular weight is 267 g/mol. The van der Waals surface area contributed by atoms with E-state index in [2.05, 4.69) is 6.07 Å². The van der Waals surface area contributed by atoms with E-state index in [9.17, 15) is 0 Å². The Morgan fingerprint density at radius 2 is 2.26 bits per heavy atom. The average Bonchev–Trinajstić information content (AvgIpc) is 2.67. The van der Waals surface area contributed by atoms with Gasteiger partial charge in [-0.3, -0.25) is 4.57 Å². The summed E-state index contributed by atoms with van der Waals surface area (Å²) in [7, 11) is 1.61. The molecule has 1 rings (SSSR count). The van der Waals surface area contributed by atoms with E-state index in [-0.39, 0.29) is 6.10 Å². The number of rotatable bonds is 8. The molecule has 6 heteroatoms. The zero-order valence-electron chi connectivity index (χ0n) is 11.7. The van der Waals surface area contributed by atoms with E-state index in [1.54, 1.807) is 17.7 Å². The van der Waals surface area contributed by atoms with Crippen LogP contribution in [0, 0.1) is 11.3 Å². The molecule has 0 radical (unpaired) electrons. The quantitative estimate of drug-likeness (QED) is 0.720. The molecule has 0 fully saturated rings. The first-order chi connectivity index (χ1) is 9.13. The number of anilines is 1. The van der Waals surface area contributed by atoms with Crippen LogP contribution >= 0.6 is 0 Å². The Morgan fingerprint density at radius 1 is 1.53 bits per heavy atom. The predicted octanol–water partition coefficient (Wildman–Crippen LogP) is 1.39. The number of methoxy groups -OCH3 is 1. The van der Waals surface area contributed by atoms with Gasteiger partial charge in [0, 0.05) is 19.8 Å². The van der Waals surface area contributed by atoms with Crippen LogP contribution in [0.2, 0.25) is 0 Å². The van der Waals surface area contributed by atoms with Gasteiger partial charge in [0.2, 0.25) is 5.88 Å². The molecule has 0 aliphatic heterocycles. The van der Waals surface area contributed by atoms with Crippen LogP contribution in [0.25, 0.3) is 0 Å². The van der Waals surface area contributed by atoms with Crippen LogP contribution in [-0.4, -0.2) is 37.6 Å². The van der Waals surface area contributed by atoms with Crippen molar-refractivity contribution < 1.29 is 14.2 Å². The highest BCUT2D eigenvalue weighted by atomic mass is 16.5. The zero-order chi connectivity index (χ0) is 14.3. The molecule has 1 atom stereocenters. The van der Waals surface area contributed by atoms with Gasteiger partial charge in [-0.2, -0.15) is 5.26 Å². The monoisotopic (exact) mass is 267 g/mol. The van der Waals surface area contributed by atoms with Crippen LogP contribution in [-0.2, 0) is 16.0 Å².